The third kappa shape index (κ3) is 3.35. The molecule has 4 heteroatoms. The van der Waals surface area contributed by atoms with Gasteiger partial charge in [0.15, 0.2) is 0 Å². The molecule has 14 heavy (non-hydrogen) atoms. The summed E-state index contributed by atoms with van der Waals surface area (Å²) in [7, 11) is 0. The van der Waals surface area contributed by atoms with E-state index in [4.69, 9.17) is 15.7 Å². The molecule has 1 aromatic carbocycles. The maximum absolute atomic E-state index is 8.36. The van der Waals surface area contributed by atoms with E-state index < -0.39 is 0 Å². The van der Waals surface area contributed by atoms with Crippen LogP contribution in [-0.2, 0) is 0 Å². The Labute approximate surface area is 83.0 Å². The molecule has 0 heterocycles. The highest BCUT2D eigenvalue weighted by molar-refractivity contribution is 5.80. The highest BCUT2D eigenvalue weighted by Crippen LogP contribution is 2.11. The molecule has 0 aliphatic heterocycles. The molecule has 0 aromatic heterocycles. The molecule has 0 aliphatic rings. The predicted molar refractivity (Wildman–Crippen MR) is 54.6 cm³/mol. The summed E-state index contributed by atoms with van der Waals surface area (Å²) in [6.07, 6.45) is 0.305. The molecule has 0 fully saturated rings. The van der Waals surface area contributed by atoms with Gasteiger partial charge in [-0.25, -0.2) is 0 Å². The Morgan fingerprint density at radius 2 is 2.14 bits per heavy atom. The summed E-state index contributed by atoms with van der Waals surface area (Å²) < 4.78 is 5.51. The lowest BCUT2D eigenvalue weighted by atomic mass is 10.2. The van der Waals surface area contributed by atoms with Gasteiger partial charge in [-0.1, -0.05) is 23.4 Å². The Hall–Kier alpha value is -1.71. The van der Waals surface area contributed by atoms with Crippen LogP contribution < -0.4 is 10.5 Å². The first-order chi connectivity index (χ1) is 6.72. The summed E-state index contributed by atoms with van der Waals surface area (Å²) in [5.74, 6) is 0.958. The number of benzene rings is 1. The Morgan fingerprint density at radius 1 is 1.50 bits per heavy atom. The number of amidine groups is 1. The summed E-state index contributed by atoms with van der Waals surface area (Å²) >= 11 is 0. The summed E-state index contributed by atoms with van der Waals surface area (Å²) in [5, 5.41) is 11.2. The first-order valence-electron chi connectivity index (χ1n) is 4.40. The fourth-order valence-corrected chi connectivity index (χ4v) is 1.11. The molecule has 0 spiro atoms. The lowest BCUT2D eigenvalue weighted by Crippen LogP contribution is -2.22. The van der Waals surface area contributed by atoms with Gasteiger partial charge in [-0.05, 0) is 19.1 Å². The average molecular weight is 194 g/mol. The van der Waals surface area contributed by atoms with Crippen LogP contribution >= 0.6 is 0 Å². The van der Waals surface area contributed by atoms with Gasteiger partial charge in [0.1, 0.15) is 17.7 Å². The minimum Gasteiger partial charge on any atom is -0.490 e. The Morgan fingerprint density at radius 3 is 2.71 bits per heavy atom. The number of oxime groups is 1. The second-order valence-corrected chi connectivity index (χ2v) is 3.04. The highest BCUT2D eigenvalue weighted by atomic mass is 16.5. The van der Waals surface area contributed by atoms with Crippen LogP contribution in [0.2, 0.25) is 0 Å². The van der Waals surface area contributed by atoms with Crippen LogP contribution in [-0.4, -0.2) is 17.1 Å². The zero-order valence-electron chi connectivity index (χ0n) is 8.05. The third-order valence-electron chi connectivity index (χ3n) is 1.71. The SMILES string of the molecule is CC(CC(N)=NO)Oc1ccccc1. The van der Waals surface area contributed by atoms with Crippen LogP contribution in [0.4, 0.5) is 0 Å². The topological polar surface area (TPSA) is 67.8 Å². The second kappa shape index (κ2) is 5.11. The highest BCUT2D eigenvalue weighted by Gasteiger charge is 2.06. The number of hydrogen-bond donors (Lipinski definition) is 2. The lowest BCUT2D eigenvalue weighted by molar-refractivity contribution is 0.226. The van der Waals surface area contributed by atoms with Crippen LogP contribution in [0.5, 0.6) is 5.75 Å². The van der Waals surface area contributed by atoms with Crippen LogP contribution in [0, 0.1) is 0 Å². The molecule has 1 unspecified atom stereocenters. The number of nitrogens with two attached hydrogens (primary N) is 1. The zero-order chi connectivity index (χ0) is 10.4. The summed E-state index contributed by atoms with van der Waals surface area (Å²) in [5.41, 5.74) is 5.35. The van der Waals surface area contributed by atoms with Gasteiger partial charge in [0.05, 0.1) is 0 Å². The largest absolute Gasteiger partial charge is 0.490 e. The number of ether oxygens (including phenoxy) is 1. The van der Waals surface area contributed by atoms with Crippen LogP contribution in [0.1, 0.15) is 13.3 Å². The fraction of sp³-hybridized carbons (Fsp3) is 0.300. The zero-order valence-corrected chi connectivity index (χ0v) is 8.05. The fourth-order valence-electron chi connectivity index (χ4n) is 1.11. The van der Waals surface area contributed by atoms with Crippen molar-refractivity contribution in [3.8, 4) is 5.75 Å². The number of rotatable bonds is 4. The van der Waals surface area contributed by atoms with Crippen molar-refractivity contribution in [2.45, 2.75) is 19.4 Å². The molecule has 3 N–H and O–H groups in total. The van der Waals surface area contributed by atoms with Gasteiger partial charge in [0, 0.05) is 6.42 Å². The van der Waals surface area contributed by atoms with Crippen molar-refractivity contribution in [3.05, 3.63) is 30.3 Å². The van der Waals surface area contributed by atoms with Crippen LogP contribution in [0.3, 0.4) is 0 Å². The molecule has 76 valence electrons. The molecule has 0 saturated heterocycles. The third-order valence-corrected chi connectivity index (χ3v) is 1.71. The van der Waals surface area contributed by atoms with Gasteiger partial charge in [0.25, 0.3) is 0 Å². The molecule has 0 amide bonds. The van der Waals surface area contributed by atoms with E-state index in [1.807, 2.05) is 37.3 Å². The van der Waals surface area contributed by atoms with E-state index in [1.54, 1.807) is 0 Å². The minimum atomic E-state index is -0.103. The van der Waals surface area contributed by atoms with Crippen molar-refractivity contribution < 1.29 is 9.94 Å². The van der Waals surface area contributed by atoms with Gasteiger partial charge in [0.2, 0.25) is 0 Å². The molecule has 4 nitrogen and oxygen atoms in total. The minimum absolute atomic E-state index is 0.103. The van der Waals surface area contributed by atoms with Gasteiger partial charge in [-0.2, -0.15) is 0 Å². The summed E-state index contributed by atoms with van der Waals surface area (Å²) in [4.78, 5) is 0. The molecule has 1 rings (SSSR count). The lowest BCUT2D eigenvalue weighted by Gasteiger charge is -2.13. The molecule has 0 radical (unpaired) electrons. The van der Waals surface area contributed by atoms with E-state index in [0.717, 1.165) is 5.75 Å². The van der Waals surface area contributed by atoms with Crippen molar-refractivity contribution in [1.82, 2.24) is 0 Å². The van der Waals surface area contributed by atoms with Gasteiger partial charge < -0.3 is 15.7 Å². The quantitative estimate of drug-likeness (QED) is 0.331. The van der Waals surface area contributed by atoms with Crippen molar-refractivity contribution in [2.75, 3.05) is 0 Å². The van der Waals surface area contributed by atoms with E-state index >= 15 is 0 Å². The normalized spacial score (nSPS) is 13.6. The second-order valence-electron chi connectivity index (χ2n) is 3.04. The molecular weight excluding hydrogens is 180 g/mol. The average Bonchev–Trinajstić information content (AvgIpc) is 2.19. The van der Waals surface area contributed by atoms with E-state index in [9.17, 15) is 0 Å². The molecule has 1 aromatic rings. The molecule has 0 saturated carbocycles. The van der Waals surface area contributed by atoms with E-state index in [1.165, 1.54) is 0 Å². The molecule has 0 aliphatic carbocycles. The number of nitrogens with zero attached hydrogens (tertiary/aromatic N) is 1. The van der Waals surface area contributed by atoms with Crippen LogP contribution in [0.15, 0.2) is 35.5 Å². The molecular formula is C10H14N2O2. The van der Waals surface area contributed by atoms with Crippen molar-refractivity contribution in [2.24, 2.45) is 10.9 Å². The summed E-state index contributed by atoms with van der Waals surface area (Å²) in [6, 6.07) is 9.43. The van der Waals surface area contributed by atoms with E-state index in [2.05, 4.69) is 5.16 Å². The Balaban J connectivity index is 2.45. The first-order valence-corrected chi connectivity index (χ1v) is 4.40. The number of para-hydroxylation sites is 1. The Kier molecular flexibility index (Phi) is 3.79. The molecule has 0 bridgehead atoms. The predicted octanol–water partition coefficient (Wildman–Crippen LogP) is 1.59. The van der Waals surface area contributed by atoms with Gasteiger partial charge in [-0.15, -0.1) is 0 Å². The number of hydrogen-bond acceptors (Lipinski definition) is 3. The van der Waals surface area contributed by atoms with Crippen molar-refractivity contribution >= 4 is 5.84 Å². The van der Waals surface area contributed by atoms with Crippen molar-refractivity contribution in [3.63, 3.8) is 0 Å². The standard InChI is InChI=1S/C10H14N2O2/c1-8(7-10(11)12-13)14-9-5-3-2-4-6-9/h2-6,8,13H,7H2,1H3,(H2,11,12). The van der Waals surface area contributed by atoms with E-state index in [-0.39, 0.29) is 11.9 Å². The maximum atomic E-state index is 8.36. The summed E-state index contributed by atoms with van der Waals surface area (Å²) in [6.45, 7) is 1.87. The Bertz CT molecular complexity index is 298. The van der Waals surface area contributed by atoms with Gasteiger partial charge in [-0.3, -0.25) is 0 Å². The van der Waals surface area contributed by atoms with Gasteiger partial charge >= 0.3 is 0 Å². The van der Waals surface area contributed by atoms with E-state index in [0.29, 0.717) is 6.42 Å². The van der Waals surface area contributed by atoms with Crippen molar-refractivity contribution in [1.29, 1.82) is 0 Å². The first kappa shape index (κ1) is 10.4. The molecule has 1 atom stereocenters. The maximum Gasteiger partial charge on any atom is 0.142 e. The van der Waals surface area contributed by atoms with Crippen LogP contribution in [0.25, 0.3) is 0 Å². The monoisotopic (exact) mass is 194 g/mol. The smallest absolute Gasteiger partial charge is 0.142 e.